The van der Waals surface area contributed by atoms with Gasteiger partial charge in [-0.1, -0.05) is 6.07 Å². The van der Waals surface area contributed by atoms with E-state index in [-0.39, 0.29) is 17.8 Å². The molecule has 1 saturated heterocycles. The van der Waals surface area contributed by atoms with Crippen LogP contribution in [0.4, 0.5) is 13.2 Å². The summed E-state index contributed by atoms with van der Waals surface area (Å²) in [7, 11) is 1.55. The minimum atomic E-state index is -0.912. The molecule has 4 rings (SSSR count). The van der Waals surface area contributed by atoms with Gasteiger partial charge in [-0.25, -0.2) is 13.2 Å². The first-order chi connectivity index (χ1) is 17.4. The van der Waals surface area contributed by atoms with Crippen molar-refractivity contribution in [1.29, 1.82) is 0 Å². The van der Waals surface area contributed by atoms with Gasteiger partial charge in [-0.3, -0.25) is 19.6 Å². The minimum Gasteiger partial charge on any atom is -0.497 e. The zero-order chi connectivity index (χ0) is 25.7. The minimum absolute atomic E-state index is 0.0689. The molecule has 2 heterocycles. The number of carbonyl (C=O) groups is 1. The van der Waals surface area contributed by atoms with Gasteiger partial charge in [-0.05, 0) is 74.7 Å². The van der Waals surface area contributed by atoms with E-state index in [0.717, 1.165) is 0 Å². The molecule has 2 aromatic carbocycles. The third kappa shape index (κ3) is 5.96. The predicted molar refractivity (Wildman–Crippen MR) is 131 cm³/mol. The van der Waals surface area contributed by atoms with Crippen LogP contribution in [0, 0.1) is 17.5 Å². The smallest absolute Gasteiger partial charge is 0.322 e. The van der Waals surface area contributed by atoms with Crippen molar-refractivity contribution < 1.29 is 27.8 Å². The van der Waals surface area contributed by atoms with E-state index in [1.807, 2.05) is 9.80 Å². The average molecular weight is 502 g/mol. The summed E-state index contributed by atoms with van der Waals surface area (Å²) in [6.07, 6.45) is 3.03. The molecule has 0 radical (unpaired) electrons. The zero-order valence-corrected chi connectivity index (χ0v) is 20.2. The van der Waals surface area contributed by atoms with Gasteiger partial charge < -0.3 is 9.84 Å². The van der Waals surface area contributed by atoms with Gasteiger partial charge in [-0.2, -0.15) is 0 Å². The molecule has 1 aliphatic heterocycles. The largest absolute Gasteiger partial charge is 0.497 e. The molecular weight excluding hydrogens is 471 g/mol. The molecule has 1 aromatic heterocycles. The number of aromatic nitrogens is 1. The molecule has 0 saturated carbocycles. The van der Waals surface area contributed by atoms with Gasteiger partial charge in [0.25, 0.3) is 0 Å². The Balaban J connectivity index is 1.33. The molecular formula is C27H30F3N3O3. The van der Waals surface area contributed by atoms with Gasteiger partial charge in [-0.15, -0.1) is 0 Å². The Morgan fingerprint density at radius 1 is 1.03 bits per heavy atom. The lowest BCUT2D eigenvalue weighted by molar-refractivity contribution is -0.145. The summed E-state index contributed by atoms with van der Waals surface area (Å²) in [4.78, 5) is 20.1. The molecule has 0 unspecified atom stereocenters. The van der Waals surface area contributed by atoms with Crippen LogP contribution in [0.1, 0.15) is 24.0 Å². The van der Waals surface area contributed by atoms with Crippen molar-refractivity contribution in [2.24, 2.45) is 0 Å². The summed E-state index contributed by atoms with van der Waals surface area (Å²) in [6.45, 7) is 2.62. The number of carboxylic acid groups (broad SMARTS) is 1. The average Bonchev–Trinajstić information content (AvgIpc) is 2.87. The van der Waals surface area contributed by atoms with Crippen LogP contribution in [0.5, 0.6) is 5.75 Å². The number of rotatable bonds is 10. The lowest BCUT2D eigenvalue weighted by Crippen LogP contribution is -2.56. The number of benzene rings is 2. The molecule has 0 bridgehead atoms. The Morgan fingerprint density at radius 3 is 2.47 bits per heavy atom. The fraction of sp³-hybridized carbons (Fsp3) is 0.407. The Bertz CT molecular complexity index is 1200. The summed E-state index contributed by atoms with van der Waals surface area (Å²) >= 11 is 0. The van der Waals surface area contributed by atoms with Crippen LogP contribution in [-0.4, -0.2) is 71.7 Å². The summed E-state index contributed by atoms with van der Waals surface area (Å²) in [5.41, 5.74) is 1.30. The Labute approximate surface area is 208 Å². The maximum absolute atomic E-state index is 14.6. The van der Waals surface area contributed by atoms with Crippen LogP contribution in [0.25, 0.3) is 10.9 Å². The van der Waals surface area contributed by atoms with Crippen LogP contribution < -0.4 is 4.74 Å². The number of nitrogens with zero attached hydrogens (tertiary/aromatic N) is 3. The highest BCUT2D eigenvalue weighted by molar-refractivity contribution is 5.83. The number of ether oxygens (including phenoxy) is 1. The van der Waals surface area contributed by atoms with Crippen molar-refractivity contribution >= 4 is 16.9 Å². The highest BCUT2D eigenvalue weighted by Gasteiger charge is 2.31. The Hall–Kier alpha value is -3.17. The molecule has 1 fully saturated rings. The fourth-order valence-electron chi connectivity index (χ4n) is 4.87. The van der Waals surface area contributed by atoms with E-state index in [2.05, 4.69) is 4.98 Å². The van der Waals surface area contributed by atoms with Gasteiger partial charge >= 0.3 is 5.97 Å². The fourth-order valence-corrected chi connectivity index (χ4v) is 4.87. The van der Waals surface area contributed by atoms with E-state index < -0.39 is 23.6 Å². The highest BCUT2D eigenvalue weighted by atomic mass is 19.1. The normalized spacial score (nSPS) is 16.9. The molecule has 192 valence electrons. The van der Waals surface area contributed by atoms with E-state index in [0.29, 0.717) is 74.2 Å². The summed E-state index contributed by atoms with van der Waals surface area (Å²) in [6, 6.07) is 8.48. The number of methoxy groups -OCH3 is 1. The van der Waals surface area contributed by atoms with Crippen LogP contribution in [0.3, 0.4) is 0 Å². The van der Waals surface area contributed by atoms with E-state index in [1.54, 1.807) is 25.3 Å². The number of pyridine rings is 1. The molecule has 1 N–H and O–H groups in total. The van der Waals surface area contributed by atoms with Gasteiger partial charge in [0.1, 0.15) is 29.2 Å². The summed E-state index contributed by atoms with van der Waals surface area (Å²) in [5.74, 6) is -1.79. The summed E-state index contributed by atoms with van der Waals surface area (Å²) in [5, 5.41) is 10.5. The number of piperazine rings is 1. The Kier molecular flexibility index (Phi) is 8.43. The quantitative estimate of drug-likeness (QED) is 0.447. The number of fused-ring (bicyclic) bond motifs is 1. The molecule has 0 spiro atoms. The number of halogens is 3. The molecule has 6 nitrogen and oxygen atoms in total. The van der Waals surface area contributed by atoms with Crippen molar-refractivity contribution in [2.75, 3.05) is 39.8 Å². The molecule has 1 atom stereocenters. The summed E-state index contributed by atoms with van der Waals surface area (Å²) < 4.78 is 47.6. The molecule has 1 aliphatic rings. The van der Waals surface area contributed by atoms with Crippen LogP contribution >= 0.6 is 0 Å². The standard InChI is InChI=1S/C27H30F3N3O3/c1-36-18-9-10-25-21(15-18)19(24(30)16-31-25)5-4-12-33-14-13-32(17-26(33)27(34)35)11-3-6-20-22(28)7-2-8-23(20)29/h2,7-10,15-16,26H,3-6,11-14,17H2,1H3,(H,34,35)/t26-/m1/s1. The van der Waals surface area contributed by atoms with E-state index >= 15 is 0 Å². The lowest BCUT2D eigenvalue weighted by atomic mass is 10.0. The molecule has 0 aliphatic carbocycles. The second kappa shape index (κ2) is 11.7. The Morgan fingerprint density at radius 2 is 1.75 bits per heavy atom. The van der Waals surface area contributed by atoms with Crippen molar-refractivity contribution in [1.82, 2.24) is 14.8 Å². The maximum atomic E-state index is 14.6. The second-order valence-corrected chi connectivity index (χ2v) is 9.07. The number of carboxylic acids is 1. The number of aliphatic carboxylic acids is 1. The van der Waals surface area contributed by atoms with Crippen molar-refractivity contribution in [2.45, 2.75) is 31.7 Å². The first kappa shape index (κ1) is 25.9. The maximum Gasteiger partial charge on any atom is 0.322 e. The second-order valence-electron chi connectivity index (χ2n) is 9.07. The first-order valence-corrected chi connectivity index (χ1v) is 12.1. The highest BCUT2D eigenvalue weighted by Crippen LogP contribution is 2.26. The number of hydrogen-bond donors (Lipinski definition) is 1. The van der Waals surface area contributed by atoms with Crippen LogP contribution in [0.15, 0.2) is 42.6 Å². The van der Waals surface area contributed by atoms with Crippen molar-refractivity contribution in [3.63, 3.8) is 0 Å². The third-order valence-corrected chi connectivity index (χ3v) is 6.83. The predicted octanol–water partition coefficient (Wildman–Crippen LogP) is 4.30. The number of aryl methyl sites for hydroxylation is 1. The van der Waals surface area contributed by atoms with Gasteiger partial charge in [0, 0.05) is 30.6 Å². The van der Waals surface area contributed by atoms with Crippen molar-refractivity contribution in [3.8, 4) is 5.75 Å². The number of hydrogen-bond acceptors (Lipinski definition) is 5. The van der Waals surface area contributed by atoms with E-state index in [4.69, 9.17) is 4.74 Å². The molecule has 9 heteroatoms. The molecule has 3 aromatic rings. The molecule has 36 heavy (non-hydrogen) atoms. The van der Waals surface area contributed by atoms with Gasteiger partial charge in [0.2, 0.25) is 0 Å². The van der Waals surface area contributed by atoms with E-state index in [1.165, 1.54) is 24.4 Å². The van der Waals surface area contributed by atoms with Crippen molar-refractivity contribution in [3.05, 3.63) is 71.2 Å². The molecule has 0 amide bonds. The third-order valence-electron chi connectivity index (χ3n) is 6.83. The van der Waals surface area contributed by atoms with Crippen LogP contribution in [-0.2, 0) is 17.6 Å². The van der Waals surface area contributed by atoms with Gasteiger partial charge in [0.15, 0.2) is 0 Å². The monoisotopic (exact) mass is 501 g/mol. The van der Waals surface area contributed by atoms with E-state index in [9.17, 15) is 23.1 Å². The first-order valence-electron chi connectivity index (χ1n) is 12.1. The SMILES string of the molecule is COc1ccc2ncc(F)c(CCCN3CCN(CCCc4c(F)cccc4F)C[C@@H]3C(=O)O)c2c1. The zero-order valence-electron chi connectivity index (χ0n) is 20.2. The van der Waals surface area contributed by atoms with Gasteiger partial charge in [0.05, 0.1) is 18.8 Å². The lowest BCUT2D eigenvalue weighted by Gasteiger charge is -2.39. The van der Waals surface area contributed by atoms with Crippen LogP contribution in [0.2, 0.25) is 0 Å². The topological polar surface area (TPSA) is 65.9 Å².